The van der Waals surface area contributed by atoms with E-state index in [1.54, 1.807) is 24.7 Å². The van der Waals surface area contributed by atoms with Crippen molar-refractivity contribution < 1.29 is 14.3 Å². The molecule has 3 heterocycles. The van der Waals surface area contributed by atoms with E-state index < -0.39 is 6.04 Å². The van der Waals surface area contributed by atoms with Crippen LogP contribution in [0.4, 0.5) is 0 Å². The lowest BCUT2D eigenvalue weighted by atomic mass is 9.99. The maximum atomic E-state index is 12.9. The minimum Gasteiger partial charge on any atom is -0.492 e. The molecule has 0 aliphatic carbocycles. The van der Waals surface area contributed by atoms with E-state index in [0.717, 1.165) is 22.3 Å². The summed E-state index contributed by atoms with van der Waals surface area (Å²) in [5, 5.41) is 0. The highest BCUT2D eigenvalue weighted by atomic mass is 16.5. The summed E-state index contributed by atoms with van der Waals surface area (Å²) < 4.78 is 11.3. The first-order valence-corrected chi connectivity index (χ1v) is 9.73. The molecule has 0 amide bonds. The SMILES string of the molecule is CCOC(=O)C1c2cnccc2OCCN1Cc1ccccc1-c1cccnc1. The van der Waals surface area contributed by atoms with E-state index in [9.17, 15) is 4.79 Å². The van der Waals surface area contributed by atoms with Gasteiger partial charge in [-0.2, -0.15) is 0 Å². The third-order valence-corrected chi connectivity index (χ3v) is 4.98. The summed E-state index contributed by atoms with van der Waals surface area (Å²) in [5.74, 6) is 0.396. The summed E-state index contributed by atoms with van der Waals surface area (Å²) in [6.07, 6.45) is 6.99. The van der Waals surface area contributed by atoms with Crippen LogP contribution in [-0.4, -0.2) is 40.6 Å². The third-order valence-electron chi connectivity index (χ3n) is 4.98. The van der Waals surface area contributed by atoms with Gasteiger partial charge in [-0.05, 0) is 30.2 Å². The molecule has 0 N–H and O–H groups in total. The average Bonchev–Trinajstić information content (AvgIpc) is 2.94. The summed E-state index contributed by atoms with van der Waals surface area (Å²) in [4.78, 5) is 23.5. The lowest BCUT2D eigenvalue weighted by Gasteiger charge is -2.28. The van der Waals surface area contributed by atoms with Crippen LogP contribution in [-0.2, 0) is 16.1 Å². The molecule has 0 saturated carbocycles. The smallest absolute Gasteiger partial charge is 0.328 e. The average molecular weight is 389 g/mol. The molecule has 1 atom stereocenters. The minimum absolute atomic E-state index is 0.286. The monoisotopic (exact) mass is 389 g/mol. The van der Waals surface area contributed by atoms with Gasteiger partial charge in [0.2, 0.25) is 0 Å². The number of pyridine rings is 2. The zero-order chi connectivity index (χ0) is 20.1. The molecule has 0 spiro atoms. The maximum absolute atomic E-state index is 12.9. The number of rotatable bonds is 5. The molecule has 148 valence electrons. The van der Waals surface area contributed by atoms with Crippen molar-refractivity contribution in [1.82, 2.24) is 14.9 Å². The normalized spacial score (nSPS) is 16.4. The van der Waals surface area contributed by atoms with Crippen LogP contribution in [0.3, 0.4) is 0 Å². The molecule has 6 nitrogen and oxygen atoms in total. The largest absolute Gasteiger partial charge is 0.492 e. The molecule has 29 heavy (non-hydrogen) atoms. The maximum Gasteiger partial charge on any atom is 0.328 e. The number of nitrogens with zero attached hydrogens (tertiary/aromatic N) is 3. The number of carbonyl (C=O) groups excluding carboxylic acids is 1. The van der Waals surface area contributed by atoms with Crippen molar-refractivity contribution in [2.45, 2.75) is 19.5 Å². The zero-order valence-corrected chi connectivity index (χ0v) is 16.3. The molecule has 4 rings (SSSR count). The Morgan fingerprint density at radius 2 is 2.00 bits per heavy atom. The van der Waals surface area contributed by atoms with Crippen LogP contribution in [0.15, 0.2) is 67.3 Å². The Morgan fingerprint density at radius 3 is 2.83 bits per heavy atom. The first-order chi connectivity index (χ1) is 14.3. The number of hydrogen-bond donors (Lipinski definition) is 0. The fraction of sp³-hybridized carbons (Fsp3) is 0.261. The number of hydrogen-bond acceptors (Lipinski definition) is 6. The molecule has 0 fully saturated rings. The lowest BCUT2D eigenvalue weighted by molar-refractivity contribution is -0.150. The summed E-state index contributed by atoms with van der Waals surface area (Å²) >= 11 is 0. The zero-order valence-electron chi connectivity index (χ0n) is 16.3. The number of aromatic nitrogens is 2. The molecular weight excluding hydrogens is 366 g/mol. The Hall–Kier alpha value is -3.25. The first kappa shape index (κ1) is 19.1. The van der Waals surface area contributed by atoms with E-state index in [0.29, 0.717) is 32.1 Å². The van der Waals surface area contributed by atoms with Crippen molar-refractivity contribution in [2.75, 3.05) is 19.8 Å². The second-order valence-corrected chi connectivity index (χ2v) is 6.79. The van der Waals surface area contributed by atoms with Crippen molar-refractivity contribution in [1.29, 1.82) is 0 Å². The van der Waals surface area contributed by atoms with Gasteiger partial charge < -0.3 is 9.47 Å². The van der Waals surface area contributed by atoms with E-state index in [1.807, 2.05) is 37.4 Å². The molecule has 0 saturated heterocycles. The van der Waals surface area contributed by atoms with E-state index in [2.05, 4.69) is 27.0 Å². The van der Waals surface area contributed by atoms with Crippen LogP contribution < -0.4 is 4.74 Å². The van der Waals surface area contributed by atoms with Crippen LogP contribution in [0.25, 0.3) is 11.1 Å². The molecular formula is C23H23N3O3. The Kier molecular flexibility index (Phi) is 5.81. The Morgan fingerprint density at radius 1 is 1.14 bits per heavy atom. The number of benzene rings is 1. The molecule has 1 aliphatic rings. The van der Waals surface area contributed by atoms with Crippen LogP contribution in [0.5, 0.6) is 5.75 Å². The molecule has 1 unspecified atom stereocenters. The quantitative estimate of drug-likeness (QED) is 0.621. The summed E-state index contributed by atoms with van der Waals surface area (Å²) in [6, 6.07) is 13.4. The van der Waals surface area contributed by atoms with Gasteiger partial charge in [0, 0.05) is 49.0 Å². The Balaban J connectivity index is 1.72. The van der Waals surface area contributed by atoms with Gasteiger partial charge >= 0.3 is 5.97 Å². The van der Waals surface area contributed by atoms with Gasteiger partial charge in [-0.25, -0.2) is 4.79 Å². The van der Waals surface area contributed by atoms with Gasteiger partial charge in [0.15, 0.2) is 0 Å². The number of esters is 1. The van der Waals surface area contributed by atoms with Gasteiger partial charge in [0.1, 0.15) is 18.4 Å². The van der Waals surface area contributed by atoms with Crippen molar-refractivity contribution >= 4 is 5.97 Å². The minimum atomic E-state index is -0.567. The van der Waals surface area contributed by atoms with Gasteiger partial charge in [-0.3, -0.25) is 14.9 Å². The highest BCUT2D eigenvalue weighted by Gasteiger charge is 2.34. The van der Waals surface area contributed by atoms with Crippen LogP contribution in [0.2, 0.25) is 0 Å². The van der Waals surface area contributed by atoms with Crippen LogP contribution in [0.1, 0.15) is 24.1 Å². The molecule has 1 aliphatic heterocycles. The molecule has 0 bridgehead atoms. The van der Waals surface area contributed by atoms with Crippen LogP contribution in [0, 0.1) is 0 Å². The summed E-state index contributed by atoms with van der Waals surface area (Å²) in [7, 11) is 0. The molecule has 3 aromatic rings. The van der Waals surface area contributed by atoms with Crippen molar-refractivity contribution in [2.24, 2.45) is 0 Å². The van der Waals surface area contributed by atoms with Gasteiger partial charge in [-0.1, -0.05) is 30.3 Å². The number of carbonyl (C=O) groups is 1. The summed E-state index contributed by atoms with van der Waals surface area (Å²) in [6.45, 7) is 3.80. The predicted octanol–water partition coefficient (Wildman–Crippen LogP) is 3.64. The highest BCUT2D eigenvalue weighted by Crippen LogP contribution is 2.34. The van der Waals surface area contributed by atoms with E-state index in [4.69, 9.17) is 9.47 Å². The molecule has 2 aromatic heterocycles. The first-order valence-electron chi connectivity index (χ1n) is 9.73. The van der Waals surface area contributed by atoms with Gasteiger partial charge in [0.25, 0.3) is 0 Å². The standard InChI is InChI=1S/C23H23N3O3/c1-2-28-23(27)22-20-15-25-11-9-21(20)29-13-12-26(22)16-18-6-3-4-8-19(18)17-7-5-10-24-14-17/h3-11,14-15,22H,2,12-13,16H2,1H3. The van der Waals surface area contributed by atoms with Gasteiger partial charge in [-0.15, -0.1) is 0 Å². The van der Waals surface area contributed by atoms with Crippen molar-refractivity contribution in [3.05, 3.63) is 78.4 Å². The Bertz CT molecular complexity index is 978. The second-order valence-electron chi connectivity index (χ2n) is 6.79. The fourth-order valence-corrected chi connectivity index (χ4v) is 3.68. The number of ether oxygens (including phenoxy) is 2. The topological polar surface area (TPSA) is 64.6 Å². The van der Waals surface area contributed by atoms with E-state index in [-0.39, 0.29) is 5.97 Å². The third kappa shape index (κ3) is 4.12. The predicted molar refractivity (Wildman–Crippen MR) is 109 cm³/mol. The van der Waals surface area contributed by atoms with Crippen molar-refractivity contribution in [3.8, 4) is 16.9 Å². The Labute approximate surface area is 170 Å². The summed E-state index contributed by atoms with van der Waals surface area (Å²) in [5.41, 5.74) is 3.99. The molecule has 6 heteroatoms. The second kappa shape index (κ2) is 8.84. The van der Waals surface area contributed by atoms with Gasteiger partial charge in [0.05, 0.1) is 6.61 Å². The fourth-order valence-electron chi connectivity index (χ4n) is 3.68. The molecule has 1 aromatic carbocycles. The lowest BCUT2D eigenvalue weighted by Crippen LogP contribution is -2.36. The molecule has 0 radical (unpaired) electrons. The number of fused-ring (bicyclic) bond motifs is 1. The highest BCUT2D eigenvalue weighted by molar-refractivity contribution is 5.79. The van der Waals surface area contributed by atoms with Crippen LogP contribution >= 0.6 is 0 Å². The van der Waals surface area contributed by atoms with E-state index in [1.165, 1.54) is 0 Å². The van der Waals surface area contributed by atoms with Crippen molar-refractivity contribution in [3.63, 3.8) is 0 Å². The van der Waals surface area contributed by atoms with E-state index >= 15 is 0 Å².